The number of nitrogens with one attached hydrogen (secondary N) is 2. The van der Waals surface area contributed by atoms with Crippen molar-refractivity contribution in [3.63, 3.8) is 0 Å². The molecule has 1 amide bonds. The molecule has 1 aliphatic heterocycles. The third-order valence-corrected chi connectivity index (χ3v) is 5.34. The molecule has 1 saturated heterocycles. The van der Waals surface area contributed by atoms with E-state index in [2.05, 4.69) is 29.5 Å². The summed E-state index contributed by atoms with van der Waals surface area (Å²) in [6, 6.07) is 10.2. The van der Waals surface area contributed by atoms with Gasteiger partial charge in [-0.3, -0.25) is 9.79 Å². The van der Waals surface area contributed by atoms with Crippen LogP contribution in [0.3, 0.4) is 0 Å². The maximum atomic E-state index is 12.5. The van der Waals surface area contributed by atoms with E-state index in [1.54, 1.807) is 7.05 Å². The highest BCUT2D eigenvalue weighted by molar-refractivity contribution is 5.80. The summed E-state index contributed by atoms with van der Waals surface area (Å²) >= 11 is 0. The van der Waals surface area contributed by atoms with Crippen molar-refractivity contribution >= 4 is 11.9 Å². The minimum Gasteiger partial charge on any atom is -0.489 e. The van der Waals surface area contributed by atoms with Gasteiger partial charge in [0.1, 0.15) is 11.9 Å². The van der Waals surface area contributed by atoms with Crippen molar-refractivity contribution in [3.05, 3.63) is 30.3 Å². The summed E-state index contributed by atoms with van der Waals surface area (Å²) in [7, 11) is 1.78. The highest BCUT2D eigenvalue weighted by Gasteiger charge is 2.26. The molecular weight excluding hydrogens is 352 g/mol. The van der Waals surface area contributed by atoms with Gasteiger partial charge in [-0.1, -0.05) is 32.0 Å². The van der Waals surface area contributed by atoms with Gasteiger partial charge in [0.15, 0.2) is 5.96 Å². The Labute approximate surface area is 169 Å². The number of benzene rings is 1. The summed E-state index contributed by atoms with van der Waals surface area (Å²) < 4.78 is 5.89. The van der Waals surface area contributed by atoms with Gasteiger partial charge in [0.2, 0.25) is 5.91 Å². The summed E-state index contributed by atoms with van der Waals surface area (Å²) in [5.74, 6) is 2.14. The molecule has 2 N–H and O–H groups in total. The zero-order chi connectivity index (χ0) is 20.4. The Morgan fingerprint density at radius 2 is 1.86 bits per heavy atom. The molecule has 1 atom stereocenters. The SMILES string of the molecule is CCC(CC)C(=O)N1CCC(NC(=NC)NCC(C)Oc2ccccc2)CC1. The maximum Gasteiger partial charge on any atom is 0.225 e. The molecule has 1 aromatic rings. The average molecular weight is 389 g/mol. The molecule has 156 valence electrons. The largest absolute Gasteiger partial charge is 0.489 e. The normalized spacial score (nSPS) is 16.8. The van der Waals surface area contributed by atoms with E-state index in [-0.39, 0.29) is 12.0 Å². The van der Waals surface area contributed by atoms with Gasteiger partial charge in [-0.15, -0.1) is 0 Å². The molecule has 0 bridgehead atoms. The Hall–Kier alpha value is -2.24. The lowest BCUT2D eigenvalue weighted by Gasteiger charge is -2.35. The Morgan fingerprint density at radius 3 is 2.43 bits per heavy atom. The minimum absolute atomic E-state index is 0.0282. The second-order valence-electron chi connectivity index (χ2n) is 7.45. The smallest absolute Gasteiger partial charge is 0.225 e. The molecule has 0 aromatic heterocycles. The lowest BCUT2D eigenvalue weighted by molar-refractivity contribution is -0.136. The van der Waals surface area contributed by atoms with Crippen molar-refractivity contribution in [1.82, 2.24) is 15.5 Å². The number of nitrogens with zero attached hydrogens (tertiary/aromatic N) is 2. The molecule has 1 aromatic carbocycles. The summed E-state index contributed by atoms with van der Waals surface area (Å²) in [5, 5.41) is 6.83. The summed E-state index contributed by atoms with van der Waals surface area (Å²) in [6.07, 6.45) is 3.77. The van der Waals surface area contributed by atoms with E-state index < -0.39 is 0 Å². The van der Waals surface area contributed by atoms with Gasteiger partial charge >= 0.3 is 0 Å². The topological polar surface area (TPSA) is 66.0 Å². The van der Waals surface area contributed by atoms with Crippen molar-refractivity contribution in [2.24, 2.45) is 10.9 Å². The standard InChI is InChI=1S/C22H36N4O2/c1-5-18(6-2)21(27)26-14-12-19(13-15-26)25-22(23-4)24-16-17(3)28-20-10-8-7-9-11-20/h7-11,17-19H,5-6,12-16H2,1-4H3,(H2,23,24,25). The number of ether oxygens (including phenoxy) is 1. The molecule has 2 rings (SSSR count). The molecule has 6 heteroatoms. The Balaban J connectivity index is 1.73. The molecular formula is C22H36N4O2. The Bertz CT molecular complexity index is 608. The van der Waals surface area contributed by atoms with Gasteiger partial charge in [0.05, 0.1) is 6.54 Å². The zero-order valence-electron chi connectivity index (χ0n) is 17.8. The summed E-state index contributed by atoms with van der Waals surface area (Å²) in [5.41, 5.74) is 0. The fourth-order valence-corrected chi connectivity index (χ4v) is 3.54. The lowest BCUT2D eigenvalue weighted by atomic mass is 9.98. The van der Waals surface area contributed by atoms with E-state index in [0.717, 1.165) is 50.5 Å². The first-order valence-corrected chi connectivity index (χ1v) is 10.5. The van der Waals surface area contributed by atoms with Crippen molar-refractivity contribution in [3.8, 4) is 5.75 Å². The molecule has 0 saturated carbocycles. The van der Waals surface area contributed by atoms with Crippen LogP contribution in [-0.2, 0) is 4.79 Å². The zero-order valence-corrected chi connectivity index (χ0v) is 17.8. The molecule has 1 unspecified atom stereocenters. The Morgan fingerprint density at radius 1 is 1.21 bits per heavy atom. The van der Waals surface area contributed by atoms with E-state index in [9.17, 15) is 4.79 Å². The number of amides is 1. The number of carbonyl (C=O) groups excluding carboxylic acids is 1. The number of para-hydroxylation sites is 1. The predicted octanol–water partition coefficient (Wildman–Crippen LogP) is 3.05. The molecule has 1 fully saturated rings. The first-order valence-electron chi connectivity index (χ1n) is 10.5. The molecule has 1 aliphatic rings. The van der Waals surface area contributed by atoms with E-state index in [0.29, 0.717) is 18.5 Å². The quantitative estimate of drug-likeness (QED) is 0.531. The van der Waals surface area contributed by atoms with Gasteiger partial charge < -0.3 is 20.3 Å². The van der Waals surface area contributed by atoms with E-state index in [1.165, 1.54) is 0 Å². The highest BCUT2D eigenvalue weighted by Crippen LogP contribution is 2.17. The molecule has 0 radical (unpaired) electrons. The van der Waals surface area contributed by atoms with Crippen LogP contribution in [0.2, 0.25) is 0 Å². The van der Waals surface area contributed by atoms with Crippen LogP contribution in [0.25, 0.3) is 0 Å². The van der Waals surface area contributed by atoms with Crippen molar-refractivity contribution in [2.75, 3.05) is 26.7 Å². The van der Waals surface area contributed by atoms with Gasteiger partial charge in [0.25, 0.3) is 0 Å². The third kappa shape index (κ3) is 6.73. The fourth-order valence-electron chi connectivity index (χ4n) is 3.54. The molecule has 1 heterocycles. The van der Waals surface area contributed by atoms with E-state index in [4.69, 9.17) is 4.74 Å². The van der Waals surface area contributed by atoms with Crippen LogP contribution in [-0.4, -0.2) is 55.6 Å². The number of hydrogen-bond acceptors (Lipinski definition) is 3. The van der Waals surface area contributed by atoms with Crippen LogP contribution in [0.15, 0.2) is 35.3 Å². The second kappa shape index (κ2) is 11.6. The number of rotatable bonds is 8. The van der Waals surface area contributed by atoms with Gasteiger partial charge in [-0.25, -0.2) is 0 Å². The van der Waals surface area contributed by atoms with Crippen molar-refractivity contribution in [1.29, 1.82) is 0 Å². The van der Waals surface area contributed by atoms with E-state index >= 15 is 0 Å². The van der Waals surface area contributed by atoms with Crippen LogP contribution in [0.4, 0.5) is 0 Å². The van der Waals surface area contributed by atoms with Crippen LogP contribution in [0.5, 0.6) is 5.75 Å². The second-order valence-corrected chi connectivity index (χ2v) is 7.45. The minimum atomic E-state index is 0.0282. The van der Waals surface area contributed by atoms with Gasteiger partial charge in [0, 0.05) is 32.1 Å². The molecule has 0 aliphatic carbocycles. The van der Waals surface area contributed by atoms with Gasteiger partial charge in [-0.2, -0.15) is 0 Å². The number of hydrogen-bond donors (Lipinski definition) is 2. The molecule has 28 heavy (non-hydrogen) atoms. The van der Waals surface area contributed by atoms with Crippen LogP contribution < -0.4 is 15.4 Å². The summed E-state index contributed by atoms with van der Waals surface area (Å²) in [6.45, 7) is 8.53. The van der Waals surface area contributed by atoms with Gasteiger partial charge in [-0.05, 0) is 44.7 Å². The first kappa shape index (κ1) is 22.1. The first-order chi connectivity index (χ1) is 13.6. The lowest BCUT2D eigenvalue weighted by Crippen LogP contribution is -2.51. The monoisotopic (exact) mass is 388 g/mol. The van der Waals surface area contributed by atoms with Crippen molar-refractivity contribution < 1.29 is 9.53 Å². The van der Waals surface area contributed by atoms with Crippen LogP contribution in [0, 0.1) is 5.92 Å². The average Bonchev–Trinajstić information content (AvgIpc) is 2.73. The summed E-state index contributed by atoms with van der Waals surface area (Å²) in [4.78, 5) is 18.9. The van der Waals surface area contributed by atoms with Crippen LogP contribution in [0.1, 0.15) is 46.5 Å². The molecule has 6 nitrogen and oxygen atoms in total. The van der Waals surface area contributed by atoms with Crippen molar-refractivity contribution in [2.45, 2.75) is 58.6 Å². The number of piperidine rings is 1. The number of likely N-dealkylation sites (tertiary alicyclic amines) is 1. The predicted molar refractivity (Wildman–Crippen MR) is 115 cm³/mol. The number of carbonyl (C=O) groups is 1. The maximum absolute atomic E-state index is 12.5. The number of guanidine groups is 1. The highest BCUT2D eigenvalue weighted by atomic mass is 16.5. The van der Waals surface area contributed by atoms with Crippen LogP contribution >= 0.6 is 0 Å². The van der Waals surface area contributed by atoms with E-state index in [1.807, 2.05) is 42.2 Å². The fraction of sp³-hybridized carbons (Fsp3) is 0.636. The third-order valence-electron chi connectivity index (χ3n) is 5.34. The Kier molecular flexibility index (Phi) is 9.11. The number of aliphatic imine (C=N–C) groups is 1. The molecule has 0 spiro atoms.